The number of hydrogen-bond donors (Lipinski definition) is 0. The smallest absolute Gasteiger partial charge is 0.305 e. The SMILES string of the molecule is COC(=O)CCCCCOc1ccc([N+](=O)[O-])cc1C. The van der Waals surface area contributed by atoms with Gasteiger partial charge in [-0.1, -0.05) is 0 Å². The average molecular weight is 281 g/mol. The van der Waals surface area contributed by atoms with E-state index >= 15 is 0 Å². The maximum atomic E-state index is 10.9. The van der Waals surface area contributed by atoms with Gasteiger partial charge in [-0.2, -0.15) is 0 Å². The second-order valence-corrected chi connectivity index (χ2v) is 4.44. The van der Waals surface area contributed by atoms with Crippen molar-refractivity contribution in [2.45, 2.75) is 32.6 Å². The van der Waals surface area contributed by atoms with E-state index < -0.39 is 4.92 Å². The predicted molar refractivity (Wildman–Crippen MR) is 73.8 cm³/mol. The number of aryl methyl sites for hydroxylation is 1. The van der Waals surface area contributed by atoms with E-state index in [1.54, 1.807) is 13.0 Å². The molecule has 0 atom stereocenters. The Bertz CT molecular complexity index is 473. The minimum absolute atomic E-state index is 0.0629. The Morgan fingerprint density at radius 3 is 2.65 bits per heavy atom. The first kappa shape index (κ1) is 15.9. The van der Waals surface area contributed by atoms with Crippen molar-refractivity contribution < 1.29 is 19.2 Å². The highest BCUT2D eigenvalue weighted by Gasteiger charge is 2.08. The average Bonchev–Trinajstić information content (AvgIpc) is 2.43. The summed E-state index contributed by atoms with van der Waals surface area (Å²) < 4.78 is 10.1. The summed E-state index contributed by atoms with van der Waals surface area (Å²) in [7, 11) is 1.38. The zero-order valence-corrected chi connectivity index (χ0v) is 11.8. The molecule has 0 aliphatic rings. The Labute approximate surface area is 117 Å². The van der Waals surface area contributed by atoms with Crippen molar-refractivity contribution in [3.05, 3.63) is 33.9 Å². The molecule has 0 saturated carbocycles. The van der Waals surface area contributed by atoms with Crippen LogP contribution in [0, 0.1) is 17.0 Å². The van der Waals surface area contributed by atoms with E-state index in [0.29, 0.717) is 18.8 Å². The molecule has 0 radical (unpaired) electrons. The van der Waals surface area contributed by atoms with Gasteiger partial charge in [-0.3, -0.25) is 14.9 Å². The van der Waals surface area contributed by atoms with Gasteiger partial charge >= 0.3 is 5.97 Å². The number of nitrogens with zero attached hydrogens (tertiary/aromatic N) is 1. The fraction of sp³-hybridized carbons (Fsp3) is 0.500. The van der Waals surface area contributed by atoms with Crippen LogP contribution >= 0.6 is 0 Å². The van der Waals surface area contributed by atoms with Crippen molar-refractivity contribution in [2.24, 2.45) is 0 Å². The number of carbonyl (C=O) groups is 1. The number of nitro benzene ring substituents is 1. The van der Waals surface area contributed by atoms with Gasteiger partial charge in [-0.15, -0.1) is 0 Å². The van der Waals surface area contributed by atoms with E-state index in [-0.39, 0.29) is 11.7 Å². The zero-order chi connectivity index (χ0) is 15.0. The Morgan fingerprint density at radius 1 is 1.30 bits per heavy atom. The van der Waals surface area contributed by atoms with Gasteiger partial charge in [0, 0.05) is 18.6 Å². The molecule has 0 fully saturated rings. The van der Waals surface area contributed by atoms with Crippen LogP contribution in [0.5, 0.6) is 5.75 Å². The molecule has 0 N–H and O–H groups in total. The molecular weight excluding hydrogens is 262 g/mol. The van der Waals surface area contributed by atoms with Crippen molar-refractivity contribution in [1.82, 2.24) is 0 Å². The molecule has 0 amide bonds. The third-order valence-corrected chi connectivity index (χ3v) is 2.88. The summed E-state index contributed by atoms with van der Waals surface area (Å²) in [5, 5.41) is 10.6. The lowest BCUT2D eigenvalue weighted by Gasteiger charge is -2.08. The number of hydrogen-bond acceptors (Lipinski definition) is 5. The van der Waals surface area contributed by atoms with Crippen LogP contribution in [0.25, 0.3) is 0 Å². The molecule has 6 nitrogen and oxygen atoms in total. The van der Waals surface area contributed by atoms with Crippen molar-refractivity contribution >= 4 is 11.7 Å². The number of ether oxygens (including phenoxy) is 2. The second kappa shape index (κ2) is 8.14. The predicted octanol–water partition coefficient (Wildman–Crippen LogP) is 3.02. The molecule has 0 bridgehead atoms. The lowest BCUT2D eigenvalue weighted by Crippen LogP contribution is -2.02. The Hall–Kier alpha value is -2.11. The van der Waals surface area contributed by atoms with Gasteiger partial charge in [0.2, 0.25) is 0 Å². The molecule has 0 aliphatic carbocycles. The third-order valence-electron chi connectivity index (χ3n) is 2.88. The van der Waals surface area contributed by atoms with Crippen LogP contribution in [-0.4, -0.2) is 24.6 Å². The van der Waals surface area contributed by atoms with Crippen LogP contribution in [0.1, 0.15) is 31.2 Å². The van der Waals surface area contributed by atoms with Crippen LogP contribution < -0.4 is 4.74 Å². The molecule has 0 heterocycles. The number of carbonyl (C=O) groups excluding carboxylic acids is 1. The number of esters is 1. The number of non-ortho nitro benzene ring substituents is 1. The summed E-state index contributed by atoms with van der Waals surface area (Å²) in [6.07, 6.45) is 2.90. The molecule has 1 rings (SSSR count). The van der Waals surface area contributed by atoms with Crippen molar-refractivity contribution in [2.75, 3.05) is 13.7 Å². The normalized spacial score (nSPS) is 10.1. The van der Waals surface area contributed by atoms with E-state index in [2.05, 4.69) is 4.74 Å². The summed E-state index contributed by atoms with van der Waals surface area (Å²) in [5.41, 5.74) is 0.807. The van der Waals surface area contributed by atoms with Gasteiger partial charge in [-0.05, 0) is 37.8 Å². The number of benzene rings is 1. The molecule has 0 aliphatic heterocycles. The van der Waals surface area contributed by atoms with Crippen LogP contribution in [0.15, 0.2) is 18.2 Å². The standard InChI is InChI=1S/C14H19NO5/c1-11-10-12(15(17)18)7-8-13(11)20-9-5-3-4-6-14(16)19-2/h7-8,10H,3-6,9H2,1-2H3. The zero-order valence-electron chi connectivity index (χ0n) is 11.8. The maximum Gasteiger partial charge on any atom is 0.305 e. The van der Waals surface area contributed by atoms with Crippen molar-refractivity contribution in [3.8, 4) is 5.75 Å². The molecule has 6 heteroatoms. The monoisotopic (exact) mass is 281 g/mol. The Morgan fingerprint density at radius 2 is 2.05 bits per heavy atom. The third kappa shape index (κ3) is 5.26. The Balaban J connectivity index is 2.29. The Kier molecular flexibility index (Phi) is 6.49. The second-order valence-electron chi connectivity index (χ2n) is 4.44. The molecule has 0 aromatic heterocycles. The van der Waals surface area contributed by atoms with Gasteiger partial charge < -0.3 is 9.47 Å². The molecule has 0 saturated heterocycles. The first-order valence-electron chi connectivity index (χ1n) is 6.49. The topological polar surface area (TPSA) is 78.7 Å². The summed E-state index contributed by atoms with van der Waals surface area (Å²) in [6.45, 7) is 2.30. The molecule has 1 aromatic rings. The van der Waals surface area contributed by atoms with E-state index in [9.17, 15) is 14.9 Å². The molecule has 1 aromatic carbocycles. The largest absolute Gasteiger partial charge is 0.493 e. The summed E-state index contributed by atoms with van der Waals surface area (Å²) >= 11 is 0. The van der Waals surface area contributed by atoms with Crippen LogP contribution in [0.2, 0.25) is 0 Å². The fourth-order valence-corrected chi connectivity index (χ4v) is 1.74. The van der Waals surface area contributed by atoms with E-state index in [1.165, 1.54) is 19.2 Å². The minimum Gasteiger partial charge on any atom is -0.493 e. The van der Waals surface area contributed by atoms with E-state index in [0.717, 1.165) is 24.8 Å². The highest BCUT2D eigenvalue weighted by Crippen LogP contribution is 2.23. The van der Waals surface area contributed by atoms with E-state index in [1.807, 2.05) is 0 Å². The van der Waals surface area contributed by atoms with Gasteiger partial charge in [0.25, 0.3) is 5.69 Å². The summed E-state index contributed by atoms with van der Waals surface area (Å²) in [5.74, 6) is 0.459. The highest BCUT2D eigenvalue weighted by molar-refractivity contribution is 5.68. The highest BCUT2D eigenvalue weighted by atomic mass is 16.6. The number of methoxy groups -OCH3 is 1. The lowest BCUT2D eigenvalue weighted by molar-refractivity contribution is -0.384. The quantitative estimate of drug-likeness (QED) is 0.317. The molecule has 0 unspecified atom stereocenters. The van der Waals surface area contributed by atoms with Crippen molar-refractivity contribution in [3.63, 3.8) is 0 Å². The van der Waals surface area contributed by atoms with Crippen LogP contribution in [0.3, 0.4) is 0 Å². The summed E-state index contributed by atoms with van der Waals surface area (Å²) in [6, 6.07) is 4.54. The van der Waals surface area contributed by atoms with Gasteiger partial charge in [-0.25, -0.2) is 0 Å². The van der Waals surface area contributed by atoms with Gasteiger partial charge in [0.15, 0.2) is 0 Å². The molecule has 20 heavy (non-hydrogen) atoms. The molecule has 110 valence electrons. The number of rotatable bonds is 8. The number of unbranched alkanes of at least 4 members (excludes halogenated alkanes) is 2. The summed E-state index contributed by atoms with van der Waals surface area (Å²) in [4.78, 5) is 21.1. The molecular formula is C14H19NO5. The molecule has 0 spiro atoms. The van der Waals surface area contributed by atoms with Gasteiger partial charge in [0.1, 0.15) is 5.75 Å². The fourth-order valence-electron chi connectivity index (χ4n) is 1.74. The van der Waals surface area contributed by atoms with Crippen molar-refractivity contribution in [1.29, 1.82) is 0 Å². The van der Waals surface area contributed by atoms with Gasteiger partial charge in [0.05, 0.1) is 18.6 Å². The lowest BCUT2D eigenvalue weighted by atomic mass is 10.2. The first-order valence-corrected chi connectivity index (χ1v) is 6.49. The van der Waals surface area contributed by atoms with Crippen LogP contribution in [0.4, 0.5) is 5.69 Å². The van der Waals surface area contributed by atoms with E-state index in [4.69, 9.17) is 4.74 Å². The maximum absolute atomic E-state index is 10.9. The van der Waals surface area contributed by atoms with Crippen LogP contribution in [-0.2, 0) is 9.53 Å². The minimum atomic E-state index is -0.427. The first-order chi connectivity index (χ1) is 9.54. The number of nitro groups is 1.